The van der Waals surface area contributed by atoms with Gasteiger partial charge in [0.15, 0.2) is 0 Å². The van der Waals surface area contributed by atoms with Crippen molar-refractivity contribution in [1.82, 2.24) is 11.1 Å². The highest BCUT2D eigenvalue weighted by Crippen LogP contribution is 1.90. The normalized spacial score (nSPS) is 27.8. The van der Waals surface area contributed by atoms with Crippen molar-refractivity contribution in [2.45, 2.75) is 6.04 Å². The highest BCUT2D eigenvalue weighted by molar-refractivity contribution is 5.79. The molecule has 4 nitrogen and oxygen atoms in total. The Morgan fingerprint density at radius 1 is 1.78 bits per heavy atom. The van der Waals surface area contributed by atoms with Gasteiger partial charge in [-0.15, -0.1) is 0 Å². The molecule has 1 saturated heterocycles. The summed E-state index contributed by atoms with van der Waals surface area (Å²) in [4.78, 5) is 10.3. The third-order valence-corrected chi connectivity index (χ3v) is 1.24. The molecule has 1 fully saturated rings. The molecule has 1 unspecified atom stereocenters. The molecule has 0 aliphatic carbocycles. The summed E-state index contributed by atoms with van der Waals surface area (Å²) in [7, 11) is 0. The van der Waals surface area contributed by atoms with Gasteiger partial charge in [0.2, 0.25) is 0 Å². The third kappa shape index (κ3) is 1.65. The maximum absolute atomic E-state index is 10.3. The van der Waals surface area contributed by atoms with Crippen LogP contribution in [0, 0.1) is 0 Å². The Kier molecular flexibility index (Phi) is 2.02. The lowest BCUT2D eigenvalue weighted by Gasteiger charge is -2.19. The molecule has 9 heavy (non-hydrogen) atoms. The predicted octanol–water partition coefficient (Wildman–Crippen LogP) is -1.22. The highest BCUT2D eigenvalue weighted by Gasteiger charge is 2.17. The van der Waals surface area contributed by atoms with Crippen LogP contribution >= 0.6 is 0 Å². The first-order valence-electron chi connectivity index (χ1n) is 2.87. The number of morpholine rings is 1. The fourth-order valence-electron chi connectivity index (χ4n) is 0.734. The maximum atomic E-state index is 10.3. The molecule has 0 saturated carbocycles. The predicted molar refractivity (Wildman–Crippen MR) is 30.7 cm³/mol. The zero-order chi connectivity index (χ0) is 6.69. The summed E-state index contributed by atoms with van der Waals surface area (Å²) >= 11 is 0. The minimum absolute atomic E-state index is 0.350. The lowest BCUT2D eigenvalue weighted by Crippen LogP contribution is -2.46. The van der Waals surface area contributed by atoms with E-state index >= 15 is 0 Å². The van der Waals surface area contributed by atoms with Crippen molar-refractivity contribution >= 4 is 5.91 Å². The molecule has 1 aliphatic rings. The molecule has 51 valence electrons. The Morgan fingerprint density at radius 2 is 2.56 bits per heavy atom. The zero-order valence-electron chi connectivity index (χ0n) is 5.02. The van der Waals surface area contributed by atoms with Crippen LogP contribution in [0.15, 0.2) is 0 Å². The molecule has 0 bridgehead atoms. The summed E-state index contributed by atoms with van der Waals surface area (Å²) in [6, 6.07) is -0.390. The van der Waals surface area contributed by atoms with Gasteiger partial charge in [0, 0.05) is 6.54 Å². The largest absolute Gasteiger partial charge is 0.378 e. The molecule has 0 aromatic carbocycles. The monoisotopic (exact) mass is 129 g/mol. The molecular weight excluding hydrogens is 120 g/mol. The standard InChI is InChI=1S/C5H9N2O2/c6-5(8)4-3-9-2-1-7-4/h4,6-7H,1-3H2. The number of carbonyl (C=O) groups is 1. The van der Waals surface area contributed by atoms with E-state index in [9.17, 15) is 4.79 Å². The van der Waals surface area contributed by atoms with Crippen molar-refractivity contribution in [3.63, 3.8) is 0 Å². The van der Waals surface area contributed by atoms with Crippen molar-refractivity contribution < 1.29 is 9.53 Å². The van der Waals surface area contributed by atoms with Crippen LogP contribution in [0.4, 0.5) is 0 Å². The molecule has 0 aromatic rings. The molecule has 0 aromatic heterocycles. The summed E-state index contributed by atoms with van der Waals surface area (Å²) in [5.41, 5.74) is 6.69. The van der Waals surface area contributed by atoms with Crippen LogP contribution in [0.5, 0.6) is 0 Å². The van der Waals surface area contributed by atoms with Gasteiger partial charge >= 0.3 is 0 Å². The van der Waals surface area contributed by atoms with Crippen molar-refractivity contribution in [1.29, 1.82) is 0 Å². The number of rotatable bonds is 1. The van der Waals surface area contributed by atoms with Crippen molar-refractivity contribution in [2.75, 3.05) is 19.8 Å². The fraction of sp³-hybridized carbons (Fsp3) is 0.800. The lowest BCUT2D eigenvalue weighted by molar-refractivity contribution is -0.123. The average Bonchev–Trinajstić information content (AvgIpc) is 1.90. The summed E-state index contributed by atoms with van der Waals surface area (Å²) in [5.74, 6) is -0.588. The third-order valence-electron chi connectivity index (χ3n) is 1.24. The van der Waals surface area contributed by atoms with E-state index in [2.05, 4.69) is 5.32 Å². The van der Waals surface area contributed by atoms with Gasteiger partial charge < -0.3 is 10.1 Å². The Morgan fingerprint density at radius 3 is 2.89 bits per heavy atom. The van der Waals surface area contributed by atoms with Crippen molar-refractivity contribution in [3.8, 4) is 0 Å². The quantitative estimate of drug-likeness (QED) is 0.483. The van der Waals surface area contributed by atoms with E-state index in [0.717, 1.165) is 0 Å². The van der Waals surface area contributed by atoms with Crippen LogP contribution in [-0.2, 0) is 9.53 Å². The van der Waals surface area contributed by atoms with Gasteiger partial charge in [-0.1, -0.05) is 0 Å². The van der Waals surface area contributed by atoms with Gasteiger partial charge in [-0.05, 0) is 0 Å². The molecule has 1 aliphatic heterocycles. The van der Waals surface area contributed by atoms with E-state index < -0.39 is 11.9 Å². The zero-order valence-corrected chi connectivity index (χ0v) is 5.02. The van der Waals surface area contributed by atoms with E-state index in [4.69, 9.17) is 10.5 Å². The Balaban J connectivity index is 2.31. The first-order valence-corrected chi connectivity index (χ1v) is 2.87. The molecule has 1 amide bonds. The second kappa shape index (κ2) is 2.80. The van der Waals surface area contributed by atoms with E-state index in [1.165, 1.54) is 0 Å². The number of hydrogen-bond donors (Lipinski definition) is 1. The number of ether oxygens (including phenoxy) is 1. The van der Waals surface area contributed by atoms with Gasteiger partial charge in [0.05, 0.1) is 13.2 Å². The molecule has 1 atom stereocenters. The Labute approximate surface area is 53.4 Å². The van der Waals surface area contributed by atoms with Crippen LogP contribution in [0.3, 0.4) is 0 Å². The van der Waals surface area contributed by atoms with Crippen LogP contribution < -0.4 is 11.1 Å². The topological polar surface area (TPSA) is 62.1 Å². The number of hydrogen-bond acceptors (Lipinski definition) is 3. The molecule has 2 N–H and O–H groups in total. The summed E-state index contributed by atoms with van der Waals surface area (Å²) in [5, 5.41) is 2.86. The van der Waals surface area contributed by atoms with Crippen LogP contribution in [0.2, 0.25) is 0 Å². The molecule has 1 radical (unpaired) electrons. The van der Waals surface area contributed by atoms with Crippen LogP contribution in [-0.4, -0.2) is 31.7 Å². The first-order chi connectivity index (χ1) is 4.30. The molecule has 0 spiro atoms. The first kappa shape index (κ1) is 6.51. The van der Waals surface area contributed by atoms with E-state index in [0.29, 0.717) is 19.8 Å². The fourth-order valence-corrected chi connectivity index (χ4v) is 0.734. The molecule has 4 heteroatoms. The van der Waals surface area contributed by atoms with Crippen molar-refractivity contribution in [2.24, 2.45) is 0 Å². The summed E-state index contributed by atoms with van der Waals surface area (Å²) < 4.78 is 4.94. The van der Waals surface area contributed by atoms with Gasteiger partial charge in [0.25, 0.3) is 5.91 Å². The second-order valence-electron chi connectivity index (χ2n) is 1.95. The van der Waals surface area contributed by atoms with Gasteiger partial charge in [-0.3, -0.25) is 10.5 Å². The number of nitrogens with one attached hydrogen (secondary N) is 2. The second-order valence-corrected chi connectivity index (χ2v) is 1.95. The number of carbonyl (C=O) groups excluding carboxylic acids is 1. The maximum Gasteiger partial charge on any atom is 0.257 e. The summed E-state index contributed by atoms with van der Waals surface area (Å²) in [6.45, 7) is 1.67. The van der Waals surface area contributed by atoms with Gasteiger partial charge in [-0.2, -0.15) is 0 Å². The van der Waals surface area contributed by atoms with E-state index in [-0.39, 0.29) is 0 Å². The minimum Gasteiger partial charge on any atom is -0.378 e. The van der Waals surface area contributed by atoms with E-state index in [1.54, 1.807) is 0 Å². The van der Waals surface area contributed by atoms with E-state index in [1.807, 2.05) is 0 Å². The number of amides is 1. The average molecular weight is 129 g/mol. The highest BCUT2D eigenvalue weighted by atomic mass is 16.5. The SMILES string of the molecule is [NH]C(=O)C1COCCN1. The molecule has 1 rings (SSSR count). The van der Waals surface area contributed by atoms with Gasteiger partial charge in [0.1, 0.15) is 6.04 Å². The lowest BCUT2D eigenvalue weighted by atomic mass is 10.3. The minimum atomic E-state index is -0.588. The Hall–Kier alpha value is -0.610. The summed E-state index contributed by atoms with van der Waals surface area (Å²) in [6.07, 6.45) is 0. The smallest absolute Gasteiger partial charge is 0.257 e. The Bertz CT molecular complexity index is 110. The van der Waals surface area contributed by atoms with Crippen LogP contribution in [0.1, 0.15) is 0 Å². The van der Waals surface area contributed by atoms with Crippen LogP contribution in [0.25, 0.3) is 0 Å². The molecular formula is C5H9N2O2. The van der Waals surface area contributed by atoms with Crippen molar-refractivity contribution in [3.05, 3.63) is 0 Å². The molecule has 1 heterocycles. The van der Waals surface area contributed by atoms with Gasteiger partial charge in [-0.25, -0.2) is 0 Å².